The average Bonchev–Trinajstić information content (AvgIpc) is 2.93. The zero-order valence-electron chi connectivity index (χ0n) is 19.9. The van der Waals surface area contributed by atoms with Crippen molar-refractivity contribution in [3.8, 4) is 5.75 Å². The smallest absolute Gasteiger partial charge is 0.119 e. The number of aromatic nitrogens is 1. The zero-order chi connectivity index (χ0) is 23.7. The fourth-order valence-corrected chi connectivity index (χ4v) is 4.61. The van der Waals surface area contributed by atoms with Crippen molar-refractivity contribution in [2.45, 2.75) is 31.7 Å². The van der Waals surface area contributed by atoms with Gasteiger partial charge in [0.05, 0.1) is 31.6 Å². The van der Waals surface area contributed by atoms with Crippen molar-refractivity contribution >= 4 is 10.8 Å². The van der Waals surface area contributed by atoms with Gasteiger partial charge < -0.3 is 19.5 Å². The molecule has 1 aliphatic rings. The van der Waals surface area contributed by atoms with E-state index in [0.717, 1.165) is 31.0 Å². The maximum atomic E-state index is 6.43. The van der Waals surface area contributed by atoms with Crippen LogP contribution in [0.5, 0.6) is 5.75 Å². The van der Waals surface area contributed by atoms with Gasteiger partial charge in [-0.1, -0.05) is 54.6 Å². The minimum atomic E-state index is 0.141. The van der Waals surface area contributed by atoms with Crippen LogP contribution >= 0.6 is 0 Å². The van der Waals surface area contributed by atoms with Gasteiger partial charge in [-0.15, -0.1) is 0 Å². The lowest BCUT2D eigenvalue weighted by molar-refractivity contribution is 0.0106. The molecule has 0 amide bonds. The summed E-state index contributed by atoms with van der Waals surface area (Å²) in [4.78, 5) is 4.26. The predicted molar refractivity (Wildman–Crippen MR) is 139 cm³/mol. The van der Waals surface area contributed by atoms with Crippen LogP contribution in [0.3, 0.4) is 0 Å². The zero-order valence-corrected chi connectivity index (χ0v) is 19.9. The Bertz CT molecular complexity index is 1200. The van der Waals surface area contributed by atoms with Crippen LogP contribution in [0.4, 0.5) is 0 Å². The summed E-state index contributed by atoms with van der Waals surface area (Å²) in [6.07, 6.45) is 2.98. The van der Waals surface area contributed by atoms with E-state index in [1.54, 1.807) is 6.20 Å². The van der Waals surface area contributed by atoms with Crippen LogP contribution in [-0.4, -0.2) is 37.4 Å². The molecule has 2 unspecified atom stereocenters. The van der Waals surface area contributed by atoms with Crippen molar-refractivity contribution in [1.29, 1.82) is 0 Å². The van der Waals surface area contributed by atoms with Crippen LogP contribution in [-0.2, 0) is 22.7 Å². The molecule has 4 aromatic rings. The van der Waals surface area contributed by atoms with Gasteiger partial charge in [-0.3, -0.25) is 4.98 Å². The number of pyridine rings is 1. The lowest BCUT2D eigenvalue weighted by Crippen LogP contribution is -2.40. The molecule has 1 N–H and O–H groups in total. The van der Waals surface area contributed by atoms with E-state index in [-0.39, 0.29) is 6.10 Å². The Morgan fingerprint density at radius 2 is 1.69 bits per heavy atom. The van der Waals surface area contributed by atoms with E-state index in [9.17, 15) is 0 Å². The summed E-state index contributed by atoms with van der Waals surface area (Å²) in [5, 5.41) is 6.01. The first-order valence-corrected chi connectivity index (χ1v) is 12.4. The molecule has 1 saturated heterocycles. The molecule has 5 heteroatoms. The van der Waals surface area contributed by atoms with Gasteiger partial charge in [0, 0.05) is 18.7 Å². The number of nitrogens with zero attached hydrogens (tertiary/aromatic N) is 1. The average molecular weight is 469 g/mol. The summed E-state index contributed by atoms with van der Waals surface area (Å²) < 4.78 is 17.9. The van der Waals surface area contributed by atoms with E-state index in [1.807, 2.05) is 18.2 Å². The highest BCUT2D eigenvalue weighted by atomic mass is 16.5. The second-order valence-electron chi connectivity index (χ2n) is 8.92. The van der Waals surface area contributed by atoms with Gasteiger partial charge in [-0.25, -0.2) is 0 Å². The second-order valence-corrected chi connectivity index (χ2v) is 8.92. The van der Waals surface area contributed by atoms with Crippen LogP contribution in [0.25, 0.3) is 10.8 Å². The molecule has 0 aliphatic carbocycles. The highest BCUT2D eigenvalue weighted by Crippen LogP contribution is 2.30. The summed E-state index contributed by atoms with van der Waals surface area (Å²) in [7, 11) is 0. The lowest BCUT2D eigenvalue weighted by Gasteiger charge is -2.32. The second kappa shape index (κ2) is 11.9. The Hall–Kier alpha value is -3.25. The molecule has 1 aromatic heterocycles. The van der Waals surface area contributed by atoms with Crippen molar-refractivity contribution in [2.24, 2.45) is 0 Å². The fraction of sp³-hybridized carbons (Fsp3) is 0.300. The van der Waals surface area contributed by atoms with Gasteiger partial charge in [0.1, 0.15) is 12.4 Å². The summed E-state index contributed by atoms with van der Waals surface area (Å²) in [6, 6.07) is 29.3. The molecule has 0 spiro atoms. The predicted octanol–water partition coefficient (Wildman–Crippen LogP) is 5.49. The molecular formula is C30H32N2O3. The van der Waals surface area contributed by atoms with Gasteiger partial charge in [0.25, 0.3) is 0 Å². The lowest BCUT2D eigenvalue weighted by atomic mass is 9.87. The first-order chi connectivity index (χ1) is 17.3. The Labute approximate surface area is 207 Å². The molecule has 35 heavy (non-hydrogen) atoms. The van der Waals surface area contributed by atoms with Crippen molar-refractivity contribution in [1.82, 2.24) is 10.3 Å². The molecule has 0 saturated carbocycles. The van der Waals surface area contributed by atoms with Crippen molar-refractivity contribution in [3.05, 3.63) is 108 Å². The SMILES string of the molecule is c1ccc(COCCOc2ccc(C3CCNCC3OCc3ccc4ccccc4c3)cc2)nc1. The highest BCUT2D eigenvalue weighted by molar-refractivity contribution is 5.82. The fourth-order valence-electron chi connectivity index (χ4n) is 4.61. The van der Waals surface area contributed by atoms with Crippen LogP contribution in [0.15, 0.2) is 91.1 Å². The number of benzene rings is 3. The summed E-state index contributed by atoms with van der Waals surface area (Å²) in [5.74, 6) is 1.23. The van der Waals surface area contributed by atoms with E-state index in [0.29, 0.717) is 32.3 Å². The van der Waals surface area contributed by atoms with Gasteiger partial charge >= 0.3 is 0 Å². The molecule has 3 aromatic carbocycles. The Balaban J connectivity index is 1.12. The molecule has 0 bridgehead atoms. The van der Waals surface area contributed by atoms with E-state index in [4.69, 9.17) is 14.2 Å². The number of nitrogens with one attached hydrogen (secondary N) is 1. The summed E-state index contributed by atoms with van der Waals surface area (Å²) >= 11 is 0. The van der Waals surface area contributed by atoms with Crippen LogP contribution in [0, 0.1) is 0 Å². The number of hydrogen-bond donors (Lipinski definition) is 1. The first kappa shape index (κ1) is 23.5. The Morgan fingerprint density at radius 1 is 0.829 bits per heavy atom. The molecule has 5 rings (SSSR count). The van der Waals surface area contributed by atoms with Gasteiger partial charge in [0.2, 0.25) is 0 Å². The number of ether oxygens (including phenoxy) is 3. The Morgan fingerprint density at radius 3 is 2.54 bits per heavy atom. The molecule has 180 valence electrons. The highest BCUT2D eigenvalue weighted by Gasteiger charge is 2.27. The molecule has 2 atom stereocenters. The normalized spacial score (nSPS) is 17.9. The van der Waals surface area contributed by atoms with Crippen LogP contribution < -0.4 is 10.1 Å². The minimum Gasteiger partial charge on any atom is -0.491 e. The summed E-state index contributed by atoms with van der Waals surface area (Å²) in [6.45, 7) is 4.03. The van der Waals surface area contributed by atoms with Crippen LogP contribution in [0.2, 0.25) is 0 Å². The van der Waals surface area contributed by atoms with E-state index < -0.39 is 0 Å². The van der Waals surface area contributed by atoms with Gasteiger partial charge in [-0.2, -0.15) is 0 Å². The third-order valence-corrected chi connectivity index (χ3v) is 6.49. The topological polar surface area (TPSA) is 52.6 Å². The maximum Gasteiger partial charge on any atom is 0.119 e. The third-order valence-electron chi connectivity index (χ3n) is 6.49. The number of piperidine rings is 1. The number of fused-ring (bicyclic) bond motifs is 1. The first-order valence-electron chi connectivity index (χ1n) is 12.4. The van der Waals surface area contributed by atoms with E-state index >= 15 is 0 Å². The van der Waals surface area contributed by atoms with Crippen molar-refractivity contribution in [2.75, 3.05) is 26.3 Å². The molecule has 0 radical (unpaired) electrons. The molecular weight excluding hydrogens is 436 g/mol. The largest absolute Gasteiger partial charge is 0.491 e. The quantitative estimate of drug-likeness (QED) is 0.312. The van der Waals surface area contributed by atoms with Crippen molar-refractivity contribution < 1.29 is 14.2 Å². The Kier molecular flexibility index (Phi) is 8.01. The maximum absolute atomic E-state index is 6.43. The molecule has 2 heterocycles. The standard InChI is InChI=1S/C30H32N2O3/c1-2-6-26-19-23(8-9-24(26)5-1)21-35-30-20-31-16-14-29(30)25-10-12-28(13-11-25)34-18-17-33-22-27-7-3-4-15-32-27/h1-13,15,19,29-31H,14,16-18,20-22H2. The molecule has 1 fully saturated rings. The number of hydrogen-bond acceptors (Lipinski definition) is 5. The van der Waals surface area contributed by atoms with E-state index in [2.05, 4.69) is 77.0 Å². The minimum absolute atomic E-state index is 0.141. The third kappa shape index (κ3) is 6.45. The van der Waals surface area contributed by atoms with Crippen LogP contribution in [0.1, 0.15) is 29.2 Å². The molecule has 5 nitrogen and oxygen atoms in total. The van der Waals surface area contributed by atoms with Crippen molar-refractivity contribution in [3.63, 3.8) is 0 Å². The van der Waals surface area contributed by atoms with E-state index in [1.165, 1.54) is 21.9 Å². The molecule has 1 aliphatic heterocycles. The monoisotopic (exact) mass is 468 g/mol. The van der Waals surface area contributed by atoms with Gasteiger partial charge in [0.15, 0.2) is 0 Å². The summed E-state index contributed by atoms with van der Waals surface area (Å²) in [5.41, 5.74) is 3.44. The van der Waals surface area contributed by atoms with Gasteiger partial charge in [-0.05, 0) is 65.2 Å². The number of rotatable bonds is 10.